The van der Waals surface area contributed by atoms with Gasteiger partial charge in [-0.25, -0.2) is 23.1 Å². The number of halogens is 4. The second-order valence-electron chi connectivity index (χ2n) is 7.44. The minimum atomic E-state index is -2.85. The molecule has 2 atom stereocenters. The number of alkyl halides is 4. The van der Waals surface area contributed by atoms with Gasteiger partial charge in [-0.1, -0.05) is 29.3 Å². The number of hydrogen-bond acceptors (Lipinski definition) is 4. The second-order valence-corrected chi connectivity index (χ2v) is 7.83. The Hall–Kier alpha value is -2.68. The van der Waals surface area contributed by atoms with Crippen molar-refractivity contribution in [2.24, 2.45) is 0 Å². The first-order valence-corrected chi connectivity index (χ1v) is 9.61. The monoisotopic (exact) mass is 440 g/mol. The van der Waals surface area contributed by atoms with Gasteiger partial charge in [0, 0.05) is 42.5 Å². The number of anilines is 1. The molecule has 1 aromatic carbocycles. The third kappa shape index (κ3) is 4.26. The number of hydrogen-bond donors (Lipinski definition) is 1. The van der Waals surface area contributed by atoms with Gasteiger partial charge in [-0.3, -0.25) is 14.5 Å². The number of nitrogens with one attached hydrogen (secondary N) is 1. The molecule has 160 valence electrons. The second kappa shape index (κ2) is 8.22. The summed E-state index contributed by atoms with van der Waals surface area (Å²) in [6.45, 7) is 3.19. The highest BCUT2D eigenvalue weighted by molar-refractivity contribution is 6.32. The summed E-state index contributed by atoms with van der Waals surface area (Å²) < 4.78 is 40.5. The average molecular weight is 441 g/mol. The lowest BCUT2D eigenvalue weighted by molar-refractivity contribution is -0.137. The highest BCUT2D eigenvalue weighted by atomic mass is 35.5. The van der Waals surface area contributed by atoms with Crippen LogP contribution in [0.15, 0.2) is 43.0 Å². The van der Waals surface area contributed by atoms with E-state index in [1.807, 2.05) is 6.92 Å². The van der Waals surface area contributed by atoms with E-state index in [0.717, 1.165) is 10.5 Å². The van der Waals surface area contributed by atoms with Gasteiger partial charge in [0.25, 0.3) is 23.4 Å². The molecule has 0 bridgehead atoms. The summed E-state index contributed by atoms with van der Waals surface area (Å²) in [5, 5.41) is 2.53. The van der Waals surface area contributed by atoms with E-state index in [9.17, 15) is 22.8 Å². The Kier molecular flexibility index (Phi) is 6.03. The van der Waals surface area contributed by atoms with Gasteiger partial charge in [0.05, 0.1) is 0 Å². The standard InChI is InChI=1S/C20H20ClF3N4O2/c1-12-3-5-15(6-4-12)28(17(29)16(21)22)19(2,13-9-25-11-26-10-13)18(30)27-14-7-20(23,24)8-14/h3-6,9-11,14,16H,7-8H2,1-2H3,(H,27,30)/t16-,19-/m0/s1. The maximum absolute atomic E-state index is 14.0. The van der Waals surface area contributed by atoms with Crippen LogP contribution in [0.5, 0.6) is 0 Å². The molecule has 0 saturated heterocycles. The van der Waals surface area contributed by atoms with E-state index in [1.165, 1.54) is 25.6 Å². The van der Waals surface area contributed by atoms with Crippen molar-refractivity contribution in [2.45, 2.75) is 49.8 Å². The Morgan fingerprint density at radius 2 is 1.80 bits per heavy atom. The fourth-order valence-corrected chi connectivity index (χ4v) is 3.50. The van der Waals surface area contributed by atoms with E-state index in [-0.39, 0.29) is 11.3 Å². The van der Waals surface area contributed by atoms with Crippen molar-refractivity contribution in [1.29, 1.82) is 0 Å². The smallest absolute Gasteiger partial charge is 0.278 e. The first kappa shape index (κ1) is 22.0. The molecule has 0 aliphatic heterocycles. The average Bonchev–Trinajstić information content (AvgIpc) is 2.68. The van der Waals surface area contributed by atoms with Crippen molar-refractivity contribution in [3.05, 3.63) is 54.1 Å². The fraction of sp³-hybridized carbons (Fsp3) is 0.400. The van der Waals surface area contributed by atoms with Gasteiger partial charge < -0.3 is 5.32 Å². The zero-order valence-corrected chi connectivity index (χ0v) is 17.0. The summed E-state index contributed by atoms with van der Waals surface area (Å²) >= 11 is 5.46. The minimum Gasteiger partial charge on any atom is -0.351 e. The lowest BCUT2D eigenvalue weighted by Gasteiger charge is -2.43. The van der Waals surface area contributed by atoms with Crippen LogP contribution in [-0.2, 0) is 15.1 Å². The Labute approximate surface area is 176 Å². The third-order valence-electron chi connectivity index (χ3n) is 5.14. The Balaban J connectivity index is 2.09. The summed E-state index contributed by atoms with van der Waals surface area (Å²) in [6, 6.07) is 5.68. The number of rotatable bonds is 6. The van der Waals surface area contributed by atoms with Crippen LogP contribution >= 0.6 is 11.6 Å². The minimum absolute atomic E-state index is 0.167. The van der Waals surface area contributed by atoms with E-state index in [2.05, 4.69) is 15.3 Å². The number of nitrogens with zero attached hydrogens (tertiary/aromatic N) is 3. The van der Waals surface area contributed by atoms with Gasteiger partial charge in [0.1, 0.15) is 6.33 Å². The van der Waals surface area contributed by atoms with E-state index in [0.29, 0.717) is 0 Å². The summed E-state index contributed by atoms with van der Waals surface area (Å²) in [4.78, 5) is 34.8. The van der Waals surface area contributed by atoms with E-state index < -0.39 is 47.8 Å². The zero-order valence-electron chi connectivity index (χ0n) is 16.3. The number of amides is 2. The lowest BCUT2D eigenvalue weighted by atomic mass is 9.85. The number of benzene rings is 1. The van der Waals surface area contributed by atoms with Gasteiger partial charge in [0.2, 0.25) is 0 Å². The van der Waals surface area contributed by atoms with E-state index in [1.54, 1.807) is 24.3 Å². The topological polar surface area (TPSA) is 75.2 Å². The molecule has 0 unspecified atom stereocenters. The highest BCUT2D eigenvalue weighted by Gasteiger charge is 2.51. The molecule has 0 spiro atoms. The molecule has 2 amide bonds. The normalized spacial score (nSPS) is 18.6. The van der Waals surface area contributed by atoms with Crippen LogP contribution in [0.25, 0.3) is 0 Å². The molecule has 1 heterocycles. The highest BCUT2D eigenvalue weighted by Crippen LogP contribution is 2.39. The van der Waals surface area contributed by atoms with Gasteiger partial charge >= 0.3 is 0 Å². The fourth-order valence-electron chi connectivity index (χ4n) is 3.40. The molecule has 1 saturated carbocycles. The van der Waals surface area contributed by atoms with Crippen molar-refractivity contribution in [3.63, 3.8) is 0 Å². The predicted molar refractivity (Wildman–Crippen MR) is 105 cm³/mol. The van der Waals surface area contributed by atoms with Crippen LogP contribution in [0.2, 0.25) is 0 Å². The number of aromatic nitrogens is 2. The number of carbonyl (C=O) groups is 2. The molecule has 10 heteroatoms. The molecule has 30 heavy (non-hydrogen) atoms. The SMILES string of the molecule is Cc1ccc(N(C(=O)[C@H](F)Cl)[C@](C)(C(=O)NC2CC(F)(F)C2)c2cncnc2)cc1. The van der Waals surface area contributed by atoms with Crippen molar-refractivity contribution < 1.29 is 22.8 Å². The number of carbonyl (C=O) groups excluding carboxylic acids is 2. The van der Waals surface area contributed by atoms with Gasteiger partial charge in [0.15, 0.2) is 5.54 Å². The van der Waals surface area contributed by atoms with Crippen LogP contribution in [-0.4, -0.2) is 39.4 Å². The maximum atomic E-state index is 14.0. The van der Waals surface area contributed by atoms with E-state index in [4.69, 9.17) is 11.6 Å². The molecule has 1 fully saturated rings. The first-order chi connectivity index (χ1) is 14.0. The van der Waals surface area contributed by atoms with Crippen molar-refractivity contribution in [1.82, 2.24) is 15.3 Å². The van der Waals surface area contributed by atoms with Crippen molar-refractivity contribution >= 4 is 29.1 Å². The molecule has 2 aromatic rings. The van der Waals surface area contributed by atoms with Crippen molar-refractivity contribution in [3.8, 4) is 0 Å². The summed E-state index contributed by atoms with van der Waals surface area (Å²) in [5.41, 5.74) is -3.04. The predicted octanol–water partition coefficient (Wildman–Crippen LogP) is 3.48. The van der Waals surface area contributed by atoms with Crippen LogP contribution in [0, 0.1) is 6.92 Å². The largest absolute Gasteiger partial charge is 0.351 e. The lowest BCUT2D eigenvalue weighted by Crippen LogP contribution is -2.62. The molecule has 1 aliphatic carbocycles. The molecule has 6 nitrogen and oxygen atoms in total. The molecular weight excluding hydrogens is 421 g/mol. The van der Waals surface area contributed by atoms with Gasteiger partial charge in [-0.2, -0.15) is 0 Å². The Bertz CT molecular complexity index is 919. The zero-order chi connectivity index (χ0) is 22.1. The van der Waals surface area contributed by atoms with Crippen LogP contribution in [0.3, 0.4) is 0 Å². The molecule has 1 aliphatic rings. The van der Waals surface area contributed by atoms with Crippen LogP contribution in [0.1, 0.15) is 30.9 Å². The molecule has 1 N–H and O–H groups in total. The van der Waals surface area contributed by atoms with Gasteiger partial charge in [-0.15, -0.1) is 0 Å². The molecule has 0 radical (unpaired) electrons. The number of aryl methyl sites for hydroxylation is 1. The van der Waals surface area contributed by atoms with Gasteiger partial charge in [-0.05, 0) is 26.0 Å². The Morgan fingerprint density at radius 1 is 1.23 bits per heavy atom. The van der Waals surface area contributed by atoms with Crippen molar-refractivity contribution in [2.75, 3.05) is 4.90 Å². The third-order valence-corrected chi connectivity index (χ3v) is 5.32. The summed E-state index contributed by atoms with van der Waals surface area (Å²) in [5.74, 6) is -4.80. The summed E-state index contributed by atoms with van der Waals surface area (Å²) in [6.07, 6.45) is 2.81. The van der Waals surface area contributed by atoms with Crippen LogP contribution < -0.4 is 10.2 Å². The maximum Gasteiger partial charge on any atom is 0.278 e. The Morgan fingerprint density at radius 3 is 2.30 bits per heavy atom. The van der Waals surface area contributed by atoms with E-state index >= 15 is 0 Å². The first-order valence-electron chi connectivity index (χ1n) is 9.18. The summed E-state index contributed by atoms with van der Waals surface area (Å²) in [7, 11) is 0. The quantitative estimate of drug-likeness (QED) is 0.698. The molecular formula is C20H20ClF3N4O2. The molecule has 1 aromatic heterocycles. The molecule has 3 rings (SSSR count). The van der Waals surface area contributed by atoms with Crippen LogP contribution in [0.4, 0.5) is 18.9 Å².